The molecule has 0 amide bonds. The molecule has 0 aliphatic heterocycles. The molecular formula is C25H30N4O. The number of nitrogens with one attached hydrogen (secondary N) is 2. The first-order valence-corrected chi connectivity index (χ1v) is 10.8. The van der Waals surface area contributed by atoms with Gasteiger partial charge in [-0.15, -0.1) is 0 Å². The number of benzene rings is 2. The lowest BCUT2D eigenvalue weighted by molar-refractivity contribution is 0.412. The molecule has 0 saturated heterocycles. The molecule has 1 saturated carbocycles. The zero-order valence-corrected chi connectivity index (χ0v) is 17.8. The summed E-state index contributed by atoms with van der Waals surface area (Å²) in [6.45, 7) is 2.03. The van der Waals surface area contributed by atoms with Crippen LogP contribution in [-0.4, -0.2) is 23.1 Å². The summed E-state index contributed by atoms with van der Waals surface area (Å²) in [5.41, 5.74) is 4.00. The molecule has 1 fully saturated rings. The minimum atomic E-state index is 0.474. The van der Waals surface area contributed by atoms with Crippen LogP contribution < -0.4 is 15.4 Å². The van der Waals surface area contributed by atoms with Crippen molar-refractivity contribution in [2.45, 2.75) is 51.5 Å². The Kier molecular flexibility index (Phi) is 6.47. The van der Waals surface area contributed by atoms with E-state index in [0.29, 0.717) is 12.0 Å². The molecule has 0 bridgehead atoms. The third-order valence-electron chi connectivity index (χ3n) is 5.65. The summed E-state index contributed by atoms with van der Waals surface area (Å²) >= 11 is 0. The topological polar surface area (TPSA) is 59.1 Å². The fourth-order valence-corrected chi connectivity index (χ4v) is 4.05. The van der Waals surface area contributed by atoms with E-state index in [0.717, 1.165) is 34.1 Å². The number of rotatable bonds is 6. The first-order valence-electron chi connectivity index (χ1n) is 10.8. The van der Waals surface area contributed by atoms with Crippen molar-refractivity contribution in [3.05, 3.63) is 60.2 Å². The van der Waals surface area contributed by atoms with Crippen molar-refractivity contribution in [2.24, 2.45) is 0 Å². The molecule has 1 aliphatic carbocycles. The monoisotopic (exact) mass is 402 g/mol. The second-order valence-electron chi connectivity index (χ2n) is 7.97. The first kappa shape index (κ1) is 20.2. The molecule has 5 heteroatoms. The van der Waals surface area contributed by atoms with Crippen molar-refractivity contribution < 1.29 is 4.74 Å². The SMILES string of the molecule is COc1ccc(Nc2nc(NC3CCCCCC3)cc(-c3ccccc3)n2)cc1C. The minimum Gasteiger partial charge on any atom is -0.496 e. The number of anilines is 3. The number of aryl methyl sites for hydroxylation is 1. The summed E-state index contributed by atoms with van der Waals surface area (Å²) in [5.74, 6) is 2.34. The van der Waals surface area contributed by atoms with Gasteiger partial charge in [-0.3, -0.25) is 0 Å². The number of hydrogen-bond acceptors (Lipinski definition) is 5. The predicted octanol–water partition coefficient (Wildman–Crippen LogP) is 6.34. The lowest BCUT2D eigenvalue weighted by Gasteiger charge is -2.18. The van der Waals surface area contributed by atoms with Crippen molar-refractivity contribution >= 4 is 17.5 Å². The molecular weight excluding hydrogens is 372 g/mol. The number of methoxy groups -OCH3 is 1. The predicted molar refractivity (Wildman–Crippen MR) is 124 cm³/mol. The molecule has 0 atom stereocenters. The van der Waals surface area contributed by atoms with E-state index >= 15 is 0 Å². The Bertz CT molecular complexity index is 966. The average Bonchev–Trinajstić information content (AvgIpc) is 3.03. The Balaban J connectivity index is 1.63. The average molecular weight is 403 g/mol. The van der Waals surface area contributed by atoms with E-state index in [1.54, 1.807) is 7.11 Å². The third-order valence-corrected chi connectivity index (χ3v) is 5.65. The molecule has 1 aromatic heterocycles. The third kappa shape index (κ3) is 5.09. The van der Waals surface area contributed by atoms with Gasteiger partial charge in [0.15, 0.2) is 0 Å². The Morgan fingerprint density at radius 2 is 1.67 bits per heavy atom. The maximum Gasteiger partial charge on any atom is 0.229 e. The van der Waals surface area contributed by atoms with E-state index in [1.807, 2.05) is 37.3 Å². The number of aromatic nitrogens is 2. The lowest BCUT2D eigenvalue weighted by Crippen LogP contribution is -2.19. The highest BCUT2D eigenvalue weighted by Crippen LogP contribution is 2.27. The number of ether oxygens (including phenoxy) is 1. The normalized spacial score (nSPS) is 14.7. The smallest absolute Gasteiger partial charge is 0.229 e. The Hall–Kier alpha value is -3.08. The quantitative estimate of drug-likeness (QED) is 0.471. The summed E-state index contributed by atoms with van der Waals surface area (Å²) < 4.78 is 5.37. The van der Waals surface area contributed by atoms with Crippen LogP contribution in [0.1, 0.15) is 44.1 Å². The first-order chi connectivity index (χ1) is 14.7. The Morgan fingerprint density at radius 1 is 0.900 bits per heavy atom. The molecule has 5 nitrogen and oxygen atoms in total. The minimum absolute atomic E-state index is 0.474. The van der Waals surface area contributed by atoms with E-state index in [4.69, 9.17) is 14.7 Å². The van der Waals surface area contributed by atoms with Crippen LogP contribution in [0.2, 0.25) is 0 Å². The summed E-state index contributed by atoms with van der Waals surface area (Å²) in [7, 11) is 1.69. The van der Waals surface area contributed by atoms with E-state index in [2.05, 4.69) is 34.9 Å². The standard InChI is InChI=1S/C25H30N4O/c1-18-16-21(14-15-23(18)30-2)27-25-28-22(19-10-6-5-7-11-19)17-24(29-25)26-20-12-8-3-4-9-13-20/h5-7,10-11,14-17,20H,3-4,8-9,12-13H2,1-2H3,(H2,26,27,28,29). The highest BCUT2D eigenvalue weighted by atomic mass is 16.5. The zero-order chi connectivity index (χ0) is 20.8. The molecule has 2 N–H and O–H groups in total. The molecule has 30 heavy (non-hydrogen) atoms. The van der Waals surface area contributed by atoms with E-state index in [1.165, 1.54) is 38.5 Å². The van der Waals surface area contributed by atoms with Crippen LogP contribution in [0, 0.1) is 6.92 Å². The van der Waals surface area contributed by atoms with Gasteiger partial charge in [0.1, 0.15) is 11.6 Å². The number of nitrogens with zero attached hydrogens (tertiary/aromatic N) is 2. The van der Waals surface area contributed by atoms with Gasteiger partial charge in [-0.25, -0.2) is 4.98 Å². The van der Waals surface area contributed by atoms with Gasteiger partial charge in [0.25, 0.3) is 0 Å². The zero-order valence-electron chi connectivity index (χ0n) is 17.8. The van der Waals surface area contributed by atoms with Crippen molar-refractivity contribution in [2.75, 3.05) is 17.7 Å². The molecule has 0 radical (unpaired) electrons. The molecule has 1 heterocycles. The summed E-state index contributed by atoms with van der Waals surface area (Å²) in [4.78, 5) is 9.58. The molecule has 3 aromatic rings. The van der Waals surface area contributed by atoms with Gasteiger partial charge in [0.05, 0.1) is 12.8 Å². The molecule has 0 spiro atoms. The van der Waals surface area contributed by atoms with Crippen molar-refractivity contribution in [3.8, 4) is 17.0 Å². The Morgan fingerprint density at radius 3 is 2.37 bits per heavy atom. The van der Waals surface area contributed by atoms with Gasteiger partial charge in [-0.2, -0.15) is 4.98 Å². The van der Waals surface area contributed by atoms with Gasteiger partial charge < -0.3 is 15.4 Å². The van der Waals surface area contributed by atoms with Gasteiger partial charge in [-0.1, -0.05) is 56.0 Å². The molecule has 2 aromatic carbocycles. The van der Waals surface area contributed by atoms with Crippen LogP contribution in [0.25, 0.3) is 11.3 Å². The number of hydrogen-bond donors (Lipinski definition) is 2. The van der Waals surface area contributed by atoms with Crippen molar-refractivity contribution in [1.29, 1.82) is 0 Å². The second-order valence-corrected chi connectivity index (χ2v) is 7.97. The van der Waals surface area contributed by atoms with Crippen LogP contribution in [0.15, 0.2) is 54.6 Å². The van der Waals surface area contributed by atoms with Crippen LogP contribution in [0.3, 0.4) is 0 Å². The Labute approximate surface area is 178 Å². The van der Waals surface area contributed by atoms with Gasteiger partial charge in [-0.05, 0) is 43.5 Å². The molecule has 0 unspecified atom stereocenters. The summed E-state index contributed by atoms with van der Waals surface area (Å²) in [5, 5.41) is 7.05. The van der Waals surface area contributed by atoms with Crippen LogP contribution in [0.5, 0.6) is 5.75 Å². The van der Waals surface area contributed by atoms with Crippen molar-refractivity contribution in [1.82, 2.24) is 9.97 Å². The van der Waals surface area contributed by atoms with Crippen LogP contribution in [0.4, 0.5) is 17.5 Å². The fraction of sp³-hybridized carbons (Fsp3) is 0.360. The fourth-order valence-electron chi connectivity index (χ4n) is 4.05. The highest BCUT2D eigenvalue weighted by Gasteiger charge is 2.14. The van der Waals surface area contributed by atoms with Gasteiger partial charge >= 0.3 is 0 Å². The molecule has 4 rings (SSSR count). The van der Waals surface area contributed by atoms with Gasteiger partial charge in [0, 0.05) is 23.4 Å². The largest absolute Gasteiger partial charge is 0.496 e. The van der Waals surface area contributed by atoms with E-state index in [9.17, 15) is 0 Å². The maximum atomic E-state index is 5.37. The lowest BCUT2D eigenvalue weighted by atomic mass is 10.1. The van der Waals surface area contributed by atoms with E-state index < -0.39 is 0 Å². The maximum absolute atomic E-state index is 5.37. The molecule has 1 aliphatic rings. The summed E-state index contributed by atoms with van der Waals surface area (Å²) in [6.07, 6.45) is 7.63. The second kappa shape index (κ2) is 9.61. The van der Waals surface area contributed by atoms with Crippen molar-refractivity contribution in [3.63, 3.8) is 0 Å². The van der Waals surface area contributed by atoms with Gasteiger partial charge in [0.2, 0.25) is 5.95 Å². The van der Waals surface area contributed by atoms with Crippen LogP contribution >= 0.6 is 0 Å². The summed E-state index contributed by atoms with van der Waals surface area (Å²) in [6, 6.07) is 18.8. The van der Waals surface area contributed by atoms with Crippen LogP contribution in [-0.2, 0) is 0 Å². The van der Waals surface area contributed by atoms with E-state index in [-0.39, 0.29) is 0 Å². The molecule has 156 valence electrons. The highest BCUT2D eigenvalue weighted by molar-refractivity contribution is 5.66.